The van der Waals surface area contributed by atoms with Crippen molar-refractivity contribution in [2.24, 2.45) is 5.84 Å². The first-order valence-corrected chi connectivity index (χ1v) is 7.02. The van der Waals surface area contributed by atoms with Crippen LogP contribution in [0.4, 0.5) is 5.82 Å². The lowest BCUT2D eigenvalue weighted by atomic mass is 9.99. The third kappa shape index (κ3) is 2.39. The van der Waals surface area contributed by atoms with E-state index >= 15 is 0 Å². The van der Waals surface area contributed by atoms with Crippen LogP contribution in [0.2, 0.25) is 0 Å². The zero-order valence-corrected chi connectivity index (χ0v) is 12.2. The molecule has 1 fully saturated rings. The fourth-order valence-electron chi connectivity index (χ4n) is 2.77. The predicted molar refractivity (Wildman–Crippen MR) is 81.5 cm³/mol. The molecule has 3 N–H and O–H groups in total. The monoisotopic (exact) mass is 268 g/mol. The van der Waals surface area contributed by atoms with Gasteiger partial charge in [0.05, 0.1) is 0 Å². The number of nitrogen functional groups attached to an aromatic ring is 1. The Morgan fingerprint density at radius 1 is 1.05 bits per heavy atom. The maximum absolute atomic E-state index is 5.55. The normalized spacial score (nSPS) is 14.4. The fraction of sp³-hybridized carbons (Fsp3) is 0.375. The number of benzene rings is 1. The Morgan fingerprint density at radius 3 is 2.25 bits per heavy atom. The summed E-state index contributed by atoms with van der Waals surface area (Å²) in [5.41, 5.74) is 8.56. The van der Waals surface area contributed by atoms with Crippen molar-refractivity contribution in [3.63, 3.8) is 0 Å². The van der Waals surface area contributed by atoms with E-state index < -0.39 is 0 Å². The SMILES string of the molecule is Cc1cc(C)c(-c2nc(NN)cc(C3CC3)n2)c(C)c1. The summed E-state index contributed by atoms with van der Waals surface area (Å²) in [4.78, 5) is 9.29. The maximum atomic E-state index is 5.55. The lowest BCUT2D eigenvalue weighted by Gasteiger charge is -2.12. The van der Waals surface area contributed by atoms with E-state index in [1.807, 2.05) is 6.07 Å². The molecule has 1 aliphatic rings. The summed E-state index contributed by atoms with van der Waals surface area (Å²) >= 11 is 0. The molecule has 20 heavy (non-hydrogen) atoms. The second-order valence-corrected chi connectivity index (χ2v) is 5.69. The Bertz CT molecular complexity index is 637. The van der Waals surface area contributed by atoms with Gasteiger partial charge in [0.2, 0.25) is 0 Å². The highest BCUT2D eigenvalue weighted by Gasteiger charge is 2.26. The molecule has 1 aliphatic carbocycles. The van der Waals surface area contributed by atoms with Gasteiger partial charge in [-0.2, -0.15) is 0 Å². The number of nitrogens with one attached hydrogen (secondary N) is 1. The number of aryl methyl sites for hydroxylation is 3. The molecule has 1 saturated carbocycles. The molecular weight excluding hydrogens is 248 g/mol. The Hall–Kier alpha value is -1.94. The minimum atomic E-state index is 0.579. The molecule has 0 bridgehead atoms. The van der Waals surface area contributed by atoms with Crippen LogP contribution in [0, 0.1) is 20.8 Å². The molecule has 0 spiro atoms. The van der Waals surface area contributed by atoms with Crippen LogP contribution in [0.3, 0.4) is 0 Å². The van der Waals surface area contributed by atoms with Gasteiger partial charge in [0.25, 0.3) is 0 Å². The number of hydrogen-bond acceptors (Lipinski definition) is 4. The van der Waals surface area contributed by atoms with E-state index in [-0.39, 0.29) is 0 Å². The van der Waals surface area contributed by atoms with Crippen molar-refractivity contribution < 1.29 is 0 Å². The summed E-state index contributed by atoms with van der Waals surface area (Å²) in [5, 5.41) is 0. The molecule has 0 amide bonds. The lowest BCUT2D eigenvalue weighted by molar-refractivity contribution is 0.988. The van der Waals surface area contributed by atoms with Crippen LogP contribution < -0.4 is 11.3 Å². The molecule has 0 saturated heterocycles. The van der Waals surface area contributed by atoms with E-state index in [1.165, 1.54) is 29.5 Å². The number of anilines is 1. The zero-order chi connectivity index (χ0) is 14.3. The molecular formula is C16H20N4. The first kappa shape index (κ1) is 13.1. The molecule has 0 radical (unpaired) electrons. The Morgan fingerprint density at radius 2 is 1.70 bits per heavy atom. The van der Waals surface area contributed by atoms with Crippen LogP contribution in [0.25, 0.3) is 11.4 Å². The van der Waals surface area contributed by atoms with Crippen LogP contribution in [0.1, 0.15) is 41.1 Å². The molecule has 0 unspecified atom stereocenters. The van der Waals surface area contributed by atoms with Crippen LogP contribution in [0.15, 0.2) is 18.2 Å². The Balaban J connectivity index is 2.16. The number of aromatic nitrogens is 2. The highest BCUT2D eigenvalue weighted by Crippen LogP contribution is 2.40. The van der Waals surface area contributed by atoms with E-state index in [9.17, 15) is 0 Å². The molecule has 1 aromatic heterocycles. The number of rotatable bonds is 3. The minimum Gasteiger partial charge on any atom is -0.308 e. The predicted octanol–water partition coefficient (Wildman–Crippen LogP) is 3.23. The smallest absolute Gasteiger partial charge is 0.162 e. The van der Waals surface area contributed by atoms with Gasteiger partial charge in [0, 0.05) is 23.2 Å². The second kappa shape index (κ2) is 4.87. The van der Waals surface area contributed by atoms with E-state index in [4.69, 9.17) is 10.8 Å². The molecule has 4 heteroatoms. The molecule has 0 atom stereocenters. The highest BCUT2D eigenvalue weighted by atomic mass is 15.3. The molecule has 1 aromatic carbocycles. The standard InChI is InChI=1S/C16H20N4/c1-9-6-10(2)15(11(3)7-9)16-18-13(12-4-5-12)8-14(19-16)20-17/h6-8,12H,4-5,17H2,1-3H3,(H,18,19,20). The molecule has 1 heterocycles. The van der Waals surface area contributed by atoms with Crippen LogP contribution in [0.5, 0.6) is 0 Å². The molecule has 2 aromatic rings. The van der Waals surface area contributed by atoms with Gasteiger partial charge in [-0.25, -0.2) is 15.8 Å². The third-order valence-electron chi connectivity index (χ3n) is 3.79. The number of nitrogens with zero attached hydrogens (tertiary/aromatic N) is 2. The second-order valence-electron chi connectivity index (χ2n) is 5.69. The summed E-state index contributed by atoms with van der Waals surface area (Å²) in [7, 11) is 0. The van der Waals surface area contributed by atoms with Crippen molar-refractivity contribution in [2.45, 2.75) is 39.5 Å². The van der Waals surface area contributed by atoms with Gasteiger partial charge in [-0.1, -0.05) is 17.7 Å². The van der Waals surface area contributed by atoms with E-state index in [0.29, 0.717) is 11.7 Å². The van der Waals surface area contributed by atoms with Crippen molar-refractivity contribution in [1.29, 1.82) is 0 Å². The average Bonchev–Trinajstić information content (AvgIpc) is 3.21. The van der Waals surface area contributed by atoms with Gasteiger partial charge in [-0.05, 0) is 44.7 Å². The van der Waals surface area contributed by atoms with Crippen LogP contribution in [-0.2, 0) is 0 Å². The van der Waals surface area contributed by atoms with E-state index in [1.54, 1.807) is 0 Å². The first-order chi connectivity index (χ1) is 9.58. The quantitative estimate of drug-likeness (QED) is 0.662. The molecule has 0 aliphatic heterocycles. The topological polar surface area (TPSA) is 63.8 Å². The molecule has 4 nitrogen and oxygen atoms in total. The van der Waals surface area contributed by atoms with Gasteiger partial charge in [-0.15, -0.1) is 0 Å². The summed E-state index contributed by atoms with van der Waals surface area (Å²) in [6, 6.07) is 6.30. The number of hydrogen-bond donors (Lipinski definition) is 2. The Kier molecular flexibility index (Phi) is 3.18. The largest absolute Gasteiger partial charge is 0.308 e. The highest BCUT2D eigenvalue weighted by molar-refractivity contribution is 5.66. The summed E-state index contributed by atoms with van der Waals surface area (Å²) in [5.74, 6) is 7.59. The van der Waals surface area contributed by atoms with Crippen molar-refractivity contribution >= 4 is 5.82 Å². The van der Waals surface area contributed by atoms with Gasteiger partial charge < -0.3 is 5.43 Å². The Labute approximate surface area is 119 Å². The van der Waals surface area contributed by atoms with Gasteiger partial charge in [0.1, 0.15) is 5.82 Å². The maximum Gasteiger partial charge on any atom is 0.162 e. The van der Waals surface area contributed by atoms with Crippen molar-refractivity contribution in [3.05, 3.63) is 40.6 Å². The molecule has 3 rings (SSSR count). The summed E-state index contributed by atoms with van der Waals surface area (Å²) < 4.78 is 0. The number of nitrogens with two attached hydrogens (primary N) is 1. The van der Waals surface area contributed by atoms with Gasteiger partial charge >= 0.3 is 0 Å². The van der Waals surface area contributed by atoms with E-state index in [2.05, 4.69) is 43.3 Å². The van der Waals surface area contributed by atoms with E-state index in [0.717, 1.165) is 17.1 Å². The summed E-state index contributed by atoms with van der Waals surface area (Å²) in [6.45, 7) is 6.33. The summed E-state index contributed by atoms with van der Waals surface area (Å²) in [6.07, 6.45) is 2.43. The van der Waals surface area contributed by atoms with Crippen molar-refractivity contribution in [2.75, 3.05) is 5.43 Å². The van der Waals surface area contributed by atoms with Crippen molar-refractivity contribution in [1.82, 2.24) is 9.97 Å². The first-order valence-electron chi connectivity index (χ1n) is 7.02. The third-order valence-corrected chi connectivity index (χ3v) is 3.79. The van der Waals surface area contributed by atoms with Gasteiger partial charge in [0.15, 0.2) is 5.82 Å². The lowest BCUT2D eigenvalue weighted by Crippen LogP contribution is -2.11. The number of hydrazine groups is 1. The average molecular weight is 268 g/mol. The van der Waals surface area contributed by atoms with Crippen LogP contribution in [-0.4, -0.2) is 9.97 Å². The zero-order valence-electron chi connectivity index (χ0n) is 12.2. The minimum absolute atomic E-state index is 0.579. The van der Waals surface area contributed by atoms with Gasteiger partial charge in [-0.3, -0.25) is 0 Å². The van der Waals surface area contributed by atoms with Crippen molar-refractivity contribution in [3.8, 4) is 11.4 Å². The van der Waals surface area contributed by atoms with Crippen LogP contribution >= 0.6 is 0 Å². The fourth-order valence-corrected chi connectivity index (χ4v) is 2.77. The molecule has 104 valence electrons.